The maximum absolute atomic E-state index is 11.5. The normalized spacial score (nSPS) is 12.2. The zero-order chi connectivity index (χ0) is 12.0. The Balaban J connectivity index is 2.85. The molecule has 0 aliphatic rings. The molecule has 88 valence electrons. The summed E-state index contributed by atoms with van der Waals surface area (Å²) in [6.45, 7) is 4.27. The molecule has 0 saturated heterocycles. The fraction of sp³-hybridized carbons (Fsp3) is 0.500. The van der Waals surface area contributed by atoms with E-state index < -0.39 is 0 Å². The van der Waals surface area contributed by atoms with Gasteiger partial charge in [-0.05, 0) is 30.4 Å². The molecule has 0 saturated carbocycles. The molecule has 1 amide bonds. The summed E-state index contributed by atoms with van der Waals surface area (Å²) in [5.74, 6) is 0.479. The number of rotatable bonds is 5. The van der Waals surface area contributed by atoms with E-state index in [1.807, 2.05) is 6.07 Å². The minimum absolute atomic E-state index is 0.127. The molecule has 0 bridgehead atoms. The fourth-order valence-corrected chi connectivity index (χ4v) is 2.09. The molecule has 16 heavy (non-hydrogen) atoms. The highest BCUT2D eigenvalue weighted by Crippen LogP contribution is 2.27. The number of carbonyl (C=O) groups is 1. The van der Waals surface area contributed by atoms with Gasteiger partial charge in [-0.2, -0.15) is 0 Å². The summed E-state index contributed by atoms with van der Waals surface area (Å²) in [6.07, 6.45) is 2.77. The van der Waals surface area contributed by atoms with Gasteiger partial charge in [-0.1, -0.05) is 37.6 Å². The number of benzene rings is 1. The van der Waals surface area contributed by atoms with Crippen molar-refractivity contribution in [1.82, 2.24) is 5.32 Å². The van der Waals surface area contributed by atoms with E-state index in [9.17, 15) is 4.79 Å². The van der Waals surface area contributed by atoms with E-state index in [0.717, 1.165) is 12.8 Å². The van der Waals surface area contributed by atoms with Gasteiger partial charge in [0.25, 0.3) is 0 Å². The van der Waals surface area contributed by atoms with Crippen LogP contribution >= 0.6 is 0 Å². The number of carbonyl (C=O) groups excluding carboxylic acids is 1. The predicted molar refractivity (Wildman–Crippen MR) is 67.5 cm³/mol. The lowest BCUT2D eigenvalue weighted by Crippen LogP contribution is -2.20. The predicted octanol–water partition coefficient (Wildman–Crippen LogP) is 3.01. The third-order valence-corrected chi connectivity index (χ3v) is 2.98. The van der Waals surface area contributed by atoms with Crippen LogP contribution in [0.15, 0.2) is 24.3 Å². The summed E-state index contributed by atoms with van der Waals surface area (Å²) in [6, 6.07) is 8.34. The molecule has 1 rings (SSSR count). The van der Waals surface area contributed by atoms with Gasteiger partial charge >= 0.3 is 0 Å². The van der Waals surface area contributed by atoms with Crippen LogP contribution in [0.2, 0.25) is 0 Å². The first-order valence-corrected chi connectivity index (χ1v) is 5.95. The molecular formula is C14H21NO. The van der Waals surface area contributed by atoms with Gasteiger partial charge in [0.2, 0.25) is 5.91 Å². The second-order valence-corrected chi connectivity index (χ2v) is 4.22. The van der Waals surface area contributed by atoms with Crippen LogP contribution < -0.4 is 5.32 Å². The summed E-state index contributed by atoms with van der Waals surface area (Å²) in [5.41, 5.74) is 2.60. The molecule has 1 N–H and O–H groups in total. The van der Waals surface area contributed by atoms with Crippen LogP contribution in [0, 0.1) is 6.92 Å². The Morgan fingerprint density at radius 1 is 1.38 bits per heavy atom. The summed E-state index contributed by atoms with van der Waals surface area (Å²) in [5, 5.41) is 2.70. The summed E-state index contributed by atoms with van der Waals surface area (Å²) >= 11 is 0. The van der Waals surface area contributed by atoms with Gasteiger partial charge in [0.05, 0.1) is 0 Å². The quantitative estimate of drug-likeness (QED) is 0.810. The molecular weight excluding hydrogens is 198 g/mol. The zero-order valence-corrected chi connectivity index (χ0v) is 10.4. The van der Waals surface area contributed by atoms with Crippen LogP contribution in [-0.4, -0.2) is 13.0 Å². The van der Waals surface area contributed by atoms with Gasteiger partial charge in [0, 0.05) is 13.5 Å². The van der Waals surface area contributed by atoms with E-state index in [-0.39, 0.29) is 5.91 Å². The maximum atomic E-state index is 11.5. The summed E-state index contributed by atoms with van der Waals surface area (Å²) in [4.78, 5) is 11.5. The molecule has 2 heteroatoms. The smallest absolute Gasteiger partial charge is 0.220 e. The second-order valence-electron chi connectivity index (χ2n) is 4.22. The molecule has 0 aromatic heterocycles. The van der Waals surface area contributed by atoms with Gasteiger partial charge in [-0.3, -0.25) is 4.79 Å². The first-order chi connectivity index (χ1) is 7.69. The van der Waals surface area contributed by atoms with Crippen LogP contribution in [0.25, 0.3) is 0 Å². The third-order valence-electron chi connectivity index (χ3n) is 2.98. The van der Waals surface area contributed by atoms with Crippen molar-refractivity contribution in [2.45, 2.75) is 39.0 Å². The van der Waals surface area contributed by atoms with Gasteiger partial charge in [0.15, 0.2) is 0 Å². The average molecular weight is 219 g/mol. The lowest BCUT2D eigenvalue weighted by molar-refractivity contribution is -0.121. The lowest BCUT2D eigenvalue weighted by Gasteiger charge is -2.17. The summed E-state index contributed by atoms with van der Waals surface area (Å²) < 4.78 is 0. The lowest BCUT2D eigenvalue weighted by atomic mass is 9.88. The molecule has 1 unspecified atom stereocenters. The molecule has 0 radical (unpaired) electrons. The van der Waals surface area contributed by atoms with Crippen LogP contribution in [-0.2, 0) is 4.79 Å². The topological polar surface area (TPSA) is 29.1 Å². The Morgan fingerprint density at radius 2 is 2.06 bits per heavy atom. The monoisotopic (exact) mass is 219 g/mol. The van der Waals surface area contributed by atoms with E-state index in [1.165, 1.54) is 11.1 Å². The number of amides is 1. The SMILES string of the molecule is CCCC(CC(=O)NC)c1ccccc1C. The molecule has 1 aromatic rings. The highest BCUT2D eigenvalue weighted by atomic mass is 16.1. The zero-order valence-electron chi connectivity index (χ0n) is 10.4. The Morgan fingerprint density at radius 3 is 2.62 bits per heavy atom. The third kappa shape index (κ3) is 3.37. The Hall–Kier alpha value is -1.31. The Labute approximate surface area is 98.1 Å². The van der Waals surface area contributed by atoms with Crippen LogP contribution in [0.3, 0.4) is 0 Å². The van der Waals surface area contributed by atoms with E-state index in [1.54, 1.807) is 7.05 Å². The van der Waals surface area contributed by atoms with Crippen molar-refractivity contribution in [1.29, 1.82) is 0 Å². The molecule has 0 spiro atoms. The first-order valence-electron chi connectivity index (χ1n) is 5.95. The number of hydrogen-bond acceptors (Lipinski definition) is 1. The standard InChI is InChI=1S/C14H21NO/c1-4-7-12(10-14(16)15-3)13-9-6-5-8-11(13)2/h5-6,8-9,12H,4,7,10H2,1-3H3,(H,15,16). The largest absolute Gasteiger partial charge is 0.359 e. The van der Waals surface area contributed by atoms with E-state index >= 15 is 0 Å². The summed E-state index contributed by atoms with van der Waals surface area (Å²) in [7, 11) is 1.70. The number of hydrogen-bond donors (Lipinski definition) is 1. The van der Waals surface area contributed by atoms with Crippen LogP contribution in [0.1, 0.15) is 43.2 Å². The molecule has 1 atom stereocenters. The van der Waals surface area contributed by atoms with E-state index in [0.29, 0.717) is 12.3 Å². The van der Waals surface area contributed by atoms with Gasteiger partial charge < -0.3 is 5.32 Å². The van der Waals surface area contributed by atoms with Crippen molar-refractivity contribution in [3.05, 3.63) is 35.4 Å². The van der Waals surface area contributed by atoms with Crippen LogP contribution in [0.5, 0.6) is 0 Å². The van der Waals surface area contributed by atoms with Gasteiger partial charge in [-0.15, -0.1) is 0 Å². The Kier molecular flexibility index (Phi) is 5.03. The minimum Gasteiger partial charge on any atom is -0.359 e. The van der Waals surface area contributed by atoms with E-state index in [2.05, 4.69) is 37.4 Å². The van der Waals surface area contributed by atoms with Crippen molar-refractivity contribution in [2.75, 3.05) is 7.05 Å². The highest BCUT2D eigenvalue weighted by molar-refractivity contribution is 5.76. The fourth-order valence-electron chi connectivity index (χ4n) is 2.09. The van der Waals surface area contributed by atoms with Crippen molar-refractivity contribution < 1.29 is 4.79 Å². The van der Waals surface area contributed by atoms with Crippen molar-refractivity contribution in [3.63, 3.8) is 0 Å². The minimum atomic E-state index is 0.127. The number of nitrogens with one attached hydrogen (secondary N) is 1. The molecule has 0 heterocycles. The van der Waals surface area contributed by atoms with Crippen molar-refractivity contribution >= 4 is 5.91 Å². The van der Waals surface area contributed by atoms with Crippen LogP contribution in [0.4, 0.5) is 0 Å². The average Bonchev–Trinajstić information content (AvgIpc) is 2.29. The Bertz CT molecular complexity index is 346. The highest BCUT2D eigenvalue weighted by Gasteiger charge is 2.15. The number of aryl methyl sites for hydroxylation is 1. The molecule has 1 aromatic carbocycles. The second kappa shape index (κ2) is 6.31. The van der Waals surface area contributed by atoms with E-state index in [4.69, 9.17) is 0 Å². The molecule has 0 aliphatic heterocycles. The maximum Gasteiger partial charge on any atom is 0.220 e. The van der Waals surface area contributed by atoms with Gasteiger partial charge in [-0.25, -0.2) is 0 Å². The molecule has 0 aliphatic carbocycles. The molecule has 2 nitrogen and oxygen atoms in total. The van der Waals surface area contributed by atoms with Crippen molar-refractivity contribution in [2.24, 2.45) is 0 Å². The van der Waals surface area contributed by atoms with Gasteiger partial charge in [0.1, 0.15) is 0 Å². The molecule has 0 fully saturated rings. The van der Waals surface area contributed by atoms with Crippen molar-refractivity contribution in [3.8, 4) is 0 Å². The first kappa shape index (κ1) is 12.8.